The fourth-order valence-electron chi connectivity index (χ4n) is 5.11. The lowest BCUT2D eigenvalue weighted by atomic mass is 9.86. The molecule has 2 aliphatic carbocycles. The number of nitrogens with one attached hydrogen (secondary N) is 1. The number of H-pyrrole nitrogens is 1. The van der Waals surface area contributed by atoms with Gasteiger partial charge in [0.05, 0.1) is 16.3 Å². The summed E-state index contributed by atoms with van der Waals surface area (Å²) in [5.41, 5.74) is 11.1. The number of aromatic nitrogens is 2. The van der Waals surface area contributed by atoms with Crippen LogP contribution in [0.25, 0.3) is 11.1 Å². The summed E-state index contributed by atoms with van der Waals surface area (Å²) in [7, 11) is -3.35. The molecule has 0 spiro atoms. The highest BCUT2D eigenvalue weighted by atomic mass is 32.2. The minimum atomic E-state index is -3.35. The predicted molar refractivity (Wildman–Crippen MR) is 140 cm³/mol. The number of nitrogens with two attached hydrogens (primary N) is 1. The second-order valence-corrected chi connectivity index (χ2v) is 12.6. The zero-order valence-corrected chi connectivity index (χ0v) is 21.3. The average molecular weight is 510 g/mol. The third-order valence-corrected chi connectivity index (χ3v) is 10.00. The molecule has 2 aromatic carbocycles. The van der Waals surface area contributed by atoms with Crippen LogP contribution in [0.2, 0.25) is 0 Å². The van der Waals surface area contributed by atoms with Gasteiger partial charge in [-0.15, -0.1) is 0 Å². The monoisotopic (exact) mass is 509 g/mol. The second kappa shape index (κ2) is 10.3. The van der Waals surface area contributed by atoms with Crippen LogP contribution in [-0.2, 0) is 28.4 Å². The highest BCUT2D eigenvalue weighted by Crippen LogP contribution is 2.29. The van der Waals surface area contributed by atoms with Gasteiger partial charge in [0, 0.05) is 17.4 Å². The topological polar surface area (TPSA) is 106 Å². The first-order valence-electron chi connectivity index (χ1n) is 12.3. The number of aromatic amines is 1. The molecule has 8 heteroatoms. The van der Waals surface area contributed by atoms with E-state index in [4.69, 9.17) is 5.73 Å². The molecule has 1 fully saturated rings. The van der Waals surface area contributed by atoms with Crippen molar-refractivity contribution < 1.29 is 8.42 Å². The average Bonchev–Trinajstić information content (AvgIpc) is 3.34. The molecule has 1 unspecified atom stereocenters. The van der Waals surface area contributed by atoms with Gasteiger partial charge in [-0.2, -0.15) is 0 Å². The number of sulfone groups is 1. The highest BCUT2D eigenvalue weighted by Gasteiger charge is 2.28. The molecule has 3 aromatic rings. The highest BCUT2D eigenvalue weighted by molar-refractivity contribution is 7.98. The number of hydrogen-bond donors (Lipinski definition) is 2. The maximum Gasteiger partial charge on any atom is 0.254 e. The van der Waals surface area contributed by atoms with E-state index >= 15 is 0 Å². The number of thioether (sulfide) groups is 1. The van der Waals surface area contributed by atoms with Gasteiger partial charge >= 0.3 is 0 Å². The Morgan fingerprint density at radius 2 is 1.63 bits per heavy atom. The van der Waals surface area contributed by atoms with E-state index in [0.29, 0.717) is 15.8 Å². The molecule has 0 radical (unpaired) electrons. The van der Waals surface area contributed by atoms with Crippen molar-refractivity contribution in [1.29, 1.82) is 0 Å². The number of aryl methyl sites for hydroxylation is 1. The van der Waals surface area contributed by atoms with Crippen molar-refractivity contribution in [2.24, 2.45) is 11.7 Å². The van der Waals surface area contributed by atoms with Gasteiger partial charge in [0.25, 0.3) is 5.56 Å². The quantitative estimate of drug-likeness (QED) is 0.359. The Labute approximate surface area is 210 Å². The van der Waals surface area contributed by atoms with Crippen LogP contribution >= 0.6 is 11.8 Å². The normalized spacial score (nSPS) is 20.0. The lowest BCUT2D eigenvalue weighted by Gasteiger charge is -2.28. The third kappa shape index (κ3) is 5.55. The SMILES string of the molecule is N[C@@H]1CCCCC1CS(=O)(=O)c1ccc(-c2ccc(CSc3nc4c(c(=O)[nH]3)CCC4)cc2)cc1. The maximum absolute atomic E-state index is 12.9. The van der Waals surface area contributed by atoms with E-state index in [1.165, 1.54) is 11.8 Å². The van der Waals surface area contributed by atoms with Crippen molar-refractivity contribution in [3.8, 4) is 11.1 Å². The Morgan fingerprint density at radius 1 is 0.943 bits per heavy atom. The van der Waals surface area contributed by atoms with E-state index in [1.54, 1.807) is 12.1 Å². The zero-order chi connectivity index (χ0) is 24.4. The summed E-state index contributed by atoms with van der Waals surface area (Å²) in [6, 6.07) is 15.3. The fourth-order valence-corrected chi connectivity index (χ4v) is 7.66. The first-order chi connectivity index (χ1) is 16.9. The van der Waals surface area contributed by atoms with Crippen LogP contribution in [0.3, 0.4) is 0 Å². The number of nitrogens with zero attached hydrogens (tertiary/aromatic N) is 1. The van der Waals surface area contributed by atoms with Gasteiger partial charge in [-0.25, -0.2) is 13.4 Å². The Kier molecular flexibility index (Phi) is 7.14. The summed E-state index contributed by atoms with van der Waals surface area (Å²) < 4.78 is 25.9. The largest absolute Gasteiger partial charge is 0.327 e. The summed E-state index contributed by atoms with van der Waals surface area (Å²) in [6.45, 7) is 0. The molecule has 5 rings (SSSR count). The maximum atomic E-state index is 12.9. The van der Waals surface area contributed by atoms with Gasteiger partial charge in [0.15, 0.2) is 15.0 Å². The molecule has 6 nitrogen and oxygen atoms in total. The summed E-state index contributed by atoms with van der Waals surface area (Å²) in [5.74, 6) is 0.885. The van der Waals surface area contributed by atoms with Crippen molar-refractivity contribution >= 4 is 21.6 Å². The molecule has 0 amide bonds. The van der Waals surface area contributed by atoms with E-state index in [0.717, 1.165) is 72.9 Å². The fraction of sp³-hybridized carbons (Fsp3) is 0.407. The van der Waals surface area contributed by atoms with E-state index in [9.17, 15) is 13.2 Å². The Morgan fingerprint density at radius 3 is 2.34 bits per heavy atom. The van der Waals surface area contributed by atoms with Crippen LogP contribution in [0.15, 0.2) is 63.4 Å². The number of benzene rings is 2. The second-order valence-electron chi connectivity index (χ2n) is 9.65. The zero-order valence-electron chi connectivity index (χ0n) is 19.7. The van der Waals surface area contributed by atoms with Crippen molar-refractivity contribution in [2.75, 3.05) is 5.75 Å². The van der Waals surface area contributed by atoms with Gasteiger partial charge in [-0.3, -0.25) is 4.79 Å². The third-order valence-electron chi connectivity index (χ3n) is 7.20. The first kappa shape index (κ1) is 24.3. The molecule has 35 heavy (non-hydrogen) atoms. The molecule has 2 aliphatic rings. The summed E-state index contributed by atoms with van der Waals surface area (Å²) in [4.78, 5) is 20.1. The molecule has 2 atom stereocenters. The van der Waals surface area contributed by atoms with Crippen LogP contribution < -0.4 is 11.3 Å². The van der Waals surface area contributed by atoms with E-state index in [1.807, 2.05) is 24.3 Å². The summed E-state index contributed by atoms with van der Waals surface area (Å²) >= 11 is 1.53. The molecule has 1 heterocycles. The van der Waals surface area contributed by atoms with Crippen molar-refractivity contribution in [3.05, 3.63) is 75.7 Å². The van der Waals surface area contributed by atoms with Gasteiger partial charge in [-0.1, -0.05) is 61.0 Å². The Bertz CT molecular complexity index is 1350. The van der Waals surface area contributed by atoms with Crippen LogP contribution in [0.1, 0.15) is 48.9 Å². The minimum Gasteiger partial charge on any atom is -0.327 e. The molecule has 0 saturated heterocycles. The molecule has 1 aromatic heterocycles. The van der Waals surface area contributed by atoms with Gasteiger partial charge in [-0.05, 0) is 66.8 Å². The minimum absolute atomic E-state index is 0.00241. The van der Waals surface area contributed by atoms with E-state index in [-0.39, 0.29) is 23.3 Å². The van der Waals surface area contributed by atoms with E-state index in [2.05, 4.69) is 22.1 Å². The number of rotatable bonds is 7. The Hall–Kier alpha value is -2.42. The molecule has 0 bridgehead atoms. The van der Waals surface area contributed by atoms with Crippen LogP contribution in [-0.4, -0.2) is 30.2 Å². The van der Waals surface area contributed by atoms with Gasteiger partial charge < -0.3 is 10.7 Å². The smallest absolute Gasteiger partial charge is 0.254 e. The predicted octanol–water partition coefficient (Wildman–Crippen LogP) is 4.51. The molecule has 184 valence electrons. The van der Waals surface area contributed by atoms with Crippen LogP contribution in [0.4, 0.5) is 0 Å². The van der Waals surface area contributed by atoms with E-state index < -0.39 is 9.84 Å². The lowest BCUT2D eigenvalue weighted by Crippen LogP contribution is -2.37. The molecule has 1 saturated carbocycles. The van der Waals surface area contributed by atoms with Crippen LogP contribution in [0, 0.1) is 5.92 Å². The molecular weight excluding hydrogens is 478 g/mol. The van der Waals surface area contributed by atoms with Crippen molar-refractivity contribution in [3.63, 3.8) is 0 Å². The van der Waals surface area contributed by atoms with Crippen molar-refractivity contribution in [2.45, 2.75) is 66.8 Å². The Balaban J connectivity index is 1.22. The summed E-state index contributed by atoms with van der Waals surface area (Å²) in [5, 5.41) is 0.672. The number of hydrogen-bond acceptors (Lipinski definition) is 6. The standard InChI is InChI=1S/C27H31N3O3S2/c28-24-6-2-1-4-21(24)17-35(32,33)22-14-12-20(13-15-22)19-10-8-18(9-11-19)16-34-27-29-25-7-3-5-23(25)26(31)30-27/h8-15,21,24H,1-7,16-17,28H2,(H,29,30,31)/t21?,24-/m1/s1. The molecule has 3 N–H and O–H groups in total. The van der Waals surface area contributed by atoms with Gasteiger partial charge in [0.1, 0.15) is 0 Å². The van der Waals surface area contributed by atoms with Crippen molar-refractivity contribution in [1.82, 2.24) is 9.97 Å². The van der Waals surface area contributed by atoms with Gasteiger partial charge in [0.2, 0.25) is 0 Å². The summed E-state index contributed by atoms with van der Waals surface area (Å²) in [6.07, 6.45) is 6.67. The molecular formula is C27H31N3O3S2. The lowest BCUT2D eigenvalue weighted by molar-refractivity contribution is 0.332. The first-order valence-corrected chi connectivity index (χ1v) is 15.0. The molecule has 0 aliphatic heterocycles. The number of fused-ring (bicyclic) bond motifs is 1. The van der Waals surface area contributed by atoms with Crippen LogP contribution in [0.5, 0.6) is 0 Å².